The zero-order valence-corrected chi connectivity index (χ0v) is 22.6. The lowest BCUT2D eigenvalue weighted by atomic mass is 10.1. The molecular weight excluding hydrogens is 498 g/mol. The molecule has 0 aliphatic heterocycles. The first kappa shape index (κ1) is 27.5. The normalized spacial score (nSPS) is 10.7. The van der Waals surface area contributed by atoms with Crippen LogP contribution in [0, 0.1) is 0 Å². The SMILES string of the molecule is COc1cc(/C=C\c2ccc(O)c(OC)c2NSc2cc(OC)c(OC)c(OC)c2)cc(OC)c1OC. The zero-order chi connectivity index (χ0) is 26.9. The summed E-state index contributed by atoms with van der Waals surface area (Å²) in [5.41, 5.74) is 2.16. The number of rotatable bonds is 12. The maximum absolute atomic E-state index is 10.4. The van der Waals surface area contributed by atoms with Gasteiger partial charge in [-0.25, -0.2) is 0 Å². The summed E-state index contributed by atoms with van der Waals surface area (Å²) in [5, 5.41) is 10.4. The van der Waals surface area contributed by atoms with Crippen molar-refractivity contribution in [1.82, 2.24) is 0 Å². The summed E-state index contributed by atoms with van der Waals surface area (Å²) >= 11 is 1.30. The van der Waals surface area contributed by atoms with Crippen LogP contribution in [0.5, 0.6) is 46.0 Å². The predicted molar refractivity (Wildman–Crippen MR) is 145 cm³/mol. The van der Waals surface area contributed by atoms with Crippen molar-refractivity contribution in [3.8, 4) is 46.0 Å². The Hall–Kier alpha value is -4.05. The van der Waals surface area contributed by atoms with E-state index in [1.165, 1.54) is 19.1 Å². The molecule has 9 nitrogen and oxygen atoms in total. The Balaban J connectivity index is 1.99. The molecule has 3 aromatic carbocycles. The van der Waals surface area contributed by atoms with E-state index in [4.69, 9.17) is 33.2 Å². The van der Waals surface area contributed by atoms with Crippen LogP contribution in [-0.2, 0) is 0 Å². The highest BCUT2D eigenvalue weighted by atomic mass is 32.2. The van der Waals surface area contributed by atoms with Crippen molar-refractivity contribution in [3.63, 3.8) is 0 Å². The third-order valence-electron chi connectivity index (χ3n) is 5.42. The molecule has 0 aliphatic rings. The molecule has 0 fully saturated rings. The van der Waals surface area contributed by atoms with Gasteiger partial charge in [0.1, 0.15) is 0 Å². The summed E-state index contributed by atoms with van der Waals surface area (Å²) < 4.78 is 41.4. The summed E-state index contributed by atoms with van der Waals surface area (Å²) in [5.74, 6) is 3.44. The Morgan fingerprint density at radius 1 is 0.622 bits per heavy atom. The van der Waals surface area contributed by atoms with Gasteiger partial charge in [-0.1, -0.05) is 12.2 Å². The molecule has 0 amide bonds. The summed E-state index contributed by atoms with van der Waals surface area (Å²) in [7, 11) is 10.9. The van der Waals surface area contributed by atoms with Crippen LogP contribution in [0.3, 0.4) is 0 Å². The van der Waals surface area contributed by atoms with Crippen molar-refractivity contribution in [2.24, 2.45) is 0 Å². The Labute approximate surface area is 221 Å². The van der Waals surface area contributed by atoms with Gasteiger partial charge in [0, 0.05) is 10.5 Å². The number of anilines is 1. The molecule has 0 atom stereocenters. The molecule has 0 saturated heterocycles. The lowest BCUT2D eigenvalue weighted by Gasteiger charge is -2.17. The highest BCUT2D eigenvalue weighted by Gasteiger charge is 2.17. The van der Waals surface area contributed by atoms with Crippen LogP contribution in [0.1, 0.15) is 11.1 Å². The Morgan fingerprint density at radius 2 is 1.11 bits per heavy atom. The number of phenolic OH excluding ortho intramolecular Hbond substituents is 1. The fourth-order valence-corrected chi connectivity index (χ4v) is 4.41. The van der Waals surface area contributed by atoms with Gasteiger partial charge in [0.2, 0.25) is 11.5 Å². The van der Waals surface area contributed by atoms with Gasteiger partial charge in [0.15, 0.2) is 34.5 Å². The van der Waals surface area contributed by atoms with Crippen molar-refractivity contribution in [2.45, 2.75) is 4.90 Å². The summed E-state index contributed by atoms with van der Waals surface area (Å²) in [6.07, 6.45) is 3.78. The highest BCUT2D eigenvalue weighted by Crippen LogP contribution is 2.44. The van der Waals surface area contributed by atoms with Gasteiger partial charge < -0.3 is 43.0 Å². The Morgan fingerprint density at radius 3 is 1.57 bits per heavy atom. The van der Waals surface area contributed by atoms with Crippen LogP contribution < -0.4 is 37.9 Å². The highest BCUT2D eigenvalue weighted by molar-refractivity contribution is 8.00. The van der Waals surface area contributed by atoms with Gasteiger partial charge in [-0.2, -0.15) is 0 Å². The number of methoxy groups -OCH3 is 7. The number of phenols is 1. The lowest BCUT2D eigenvalue weighted by molar-refractivity contribution is 0.323. The largest absolute Gasteiger partial charge is 0.504 e. The topological polar surface area (TPSA) is 96.9 Å². The van der Waals surface area contributed by atoms with Gasteiger partial charge in [-0.3, -0.25) is 0 Å². The molecule has 0 spiro atoms. The number of benzene rings is 3. The number of ether oxygens (including phenoxy) is 7. The molecule has 0 radical (unpaired) electrons. The molecule has 37 heavy (non-hydrogen) atoms. The summed E-state index contributed by atoms with van der Waals surface area (Å²) in [6, 6.07) is 10.7. The van der Waals surface area contributed by atoms with Crippen molar-refractivity contribution in [2.75, 3.05) is 54.5 Å². The van der Waals surface area contributed by atoms with E-state index in [-0.39, 0.29) is 5.75 Å². The number of aromatic hydroxyl groups is 1. The average molecular weight is 530 g/mol. The first-order chi connectivity index (χ1) is 17.9. The number of hydrogen-bond donors (Lipinski definition) is 2. The molecule has 3 rings (SSSR count). The molecule has 0 heterocycles. The van der Waals surface area contributed by atoms with E-state index in [1.807, 2.05) is 36.4 Å². The van der Waals surface area contributed by atoms with Crippen LogP contribution in [0.25, 0.3) is 12.2 Å². The van der Waals surface area contributed by atoms with Gasteiger partial charge in [-0.15, -0.1) is 0 Å². The first-order valence-electron chi connectivity index (χ1n) is 11.0. The first-order valence-corrected chi connectivity index (χ1v) is 11.9. The predicted octanol–water partition coefficient (Wildman–Crippen LogP) is 5.74. The van der Waals surface area contributed by atoms with Crippen LogP contribution in [-0.4, -0.2) is 54.9 Å². The van der Waals surface area contributed by atoms with Gasteiger partial charge in [-0.05, 0) is 53.9 Å². The minimum atomic E-state index is 0.000396. The molecule has 3 aromatic rings. The van der Waals surface area contributed by atoms with Crippen molar-refractivity contribution < 1.29 is 38.3 Å². The fourth-order valence-electron chi connectivity index (χ4n) is 3.65. The van der Waals surface area contributed by atoms with Gasteiger partial charge in [0.25, 0.3) is 0 Å². The van der Waals surface area contributed by atoms with Crippen LogP contribution in [0.15, 0.2) is 41.3 Å². The second kappa shape index (κ2) is 12.8. The molecule has 2 N–H and O–H groups in total. The van der Waals surface area contributed by atoms with Gasteiger partial charge in [0.05, 0.1) is 55.5 Å². The molecule has 0 bridgehead atoms. The van der Waals surface area contributed by atoms with E-state index in [2.05, 4.69) is 4.72 Å². The molecular formula is C27H31NO8S. The second-order valence-corrected chi connectivity index (χ2v) is 8.32. The fraction of sp³-hybridized carbons (Fsp3) is 0.259. The molecule has 198 valence electrons. The van der Waals surface area contributed by atoms with Crippen molar-refractivity contribution in [3.05, 3.63) is 47.5 Å². The zero-order valence-electron chi connectivity index (χ0n) is 21.8. The van der Waals surface area contributed by atoms with E-state index in [0.29, 0.717) is 45.9 Å². The third kappa shape index (κ3) is 6.03. The minimum Gasteiger partial charge on any atom is -0.504 e. The molecule has 0 aliphatic carbocycles. The Kier molecular flexibility index (Phi) is 9.51. The Bertz CT molecular complexity index is 1210. The van der Waals surface area contributed by atoms with Crippen LogP contribution >= 0.6 is 11.9 Å². The van der Waals surface area contributed by atoms with Crippen LogP contribution in [0.2, 0.25) is 0 Å². The molecule has 0 unspecified atom stereocenters. The van der Waals surface area contributed by atoms with E-state index >= 15 is 0 Å². The molecule has 0 saturated carbocycles. The summed E-state index contributed by atoms with van der Waals surface area (Å²) in [4.78, 5) is 0.791. The average Bonchev–Trinajstić information content (AvgIpc) is 2.93. The lowest BCUT2D eigenvalue weighted by Crippen LogP contribution is -1.98. The van der Waals surface area contributed by atoms with Crippen molar-refractivity contribution >= 4 is 29.8 Å². The second-order valence-electron chi connectivity index (χ2n) is 7.44. The maximum Gasteiger partial charge on any atom is 0.203 e. The molecule has 0 aromatic heterocycles. The molecule has 10 heteroatoms. The minimum absolute atomic E-state index is 0.000396. The third-order valence-corrected chi connectivity index (χ3v) is 6.20. The number of hydrogen-bond acceptors (Lipinski definition) is 10. The standard InChI is InChI=1S/C27H31NO8S/c1-30-20-12-16(13-21(31-2)26(20)35-6)8-9-17-10-11-19(29)25(34-5)24(17)28-37-18-14-22(32-3)27(36-7)23(15-18)33-4/h8-15,28-29H,1-7H3/b9-8-. The van der Waals surface area contributed by atoms with Crippen molar-refractivity contribution in [1.29, 1.82) is 0 Å². The maximum atomic E-state index is 10.4. The van der Waals surface area contributed by atoms with E-state index in [9.17, 15) is 5.11 Å². The van der Waals surface area contributed by atoms with E-state index in [0.717, 1.165) is 16.0 Å². The summed E-state index contributed by atoms with van der Waals surface area (Å²) in [6.45, 7) is 0. The van der Waals surface area contributed by atoms with Gasteiger partial charge >= 0.3 is 0 Å². The van der Waals surface area contributed by atoms with E-state index < -0.39 is 0 Å². The van der Waals surface area contributed by atoms with E-state index in [1.54, 1.807) is 54.8 Å². The monoisotopic (exact) mass is 529 g/mol. The number of nitrogens with one attached hydrogen (secondary N) is 1. The quantitative estimate of drug-likeness (QED) is 0.223. The van der Waals surface area contributed by atoms with Crippen LogP contribution in [0.4, 0.5) is 5.69 Å². The smallest absolute Gasteiger partial charge is 0.203 e.